The molecule has 0 radical (unpaired) electrons. The largest absolute Gasteiger partial charge is 0.497 e. The number of carbonyl (C=O) groups excluding carboxylic acids is 2. The Bertz CT molecular complexity index is 784. The average molecular weight is 446 g/mol. The molecule has 3 aliphatic rings. The fourth-order valence-electron chi connectivity index (χ4n) is 5.20. The van der Waals surface area contributed by atoms with Crippen LogP contribution in [0.3, 0.4) is 0 Å². The van der Waals surface area contributed by atoms with E-state index in [1.165, 1.54) is 22.8 Å². The first-order valence-corrected chi connectivity index (χ1v) is 12.7. The summed E-state index contributed by atoms with van der Waals surface area (Å²) in [5.41, 5.74) is 0.486. The van der Waals surface area contributed by atoms with Crippen LogP contribution in [-0.2, 0) is 11.2 Å². The second kappa shape index (κ2) is 9.41. The molecular formula is C24H35N3O3S. The van der Waals surface area contributed by atoms with Crippen molar-refractivity contribution >= 4 is 23.7 Å². The summed E-state index contributed by atoms with van der Waals surface area (Å²) in [7, 11) is 1.66. The van der Waals surface area contributed by atoms with Crippen LogP contribution in [0.1, 0.15) is 38.7 Å². The third kappa shape index (κ3) is 4.44. The highest BCUT2D eigenvalue weighted by Gasteiger charge is 2.57. The molecule has 1 atom stereocenters. The van der Waals surface area contributed by atoms with Gasteiger partial charge in [0.2, 0.25) is 0 Å². The van der Waals surface area contributed by atoms with Gasteiger partial charge >= 0.3 is 6.03 Å². The van der Waals surface area contributed by atoms with Crippen molar-refractivity contribution in [2.24, 2.45) is 5.92 Å². The molecule has 1 aromatic rings. The maximum atomic E-state index is 13.6. The van der Waals surface area contributed by atoms with Crippen LogP contribution in [0.4, 0.5) is 4.79 Å². The Morgan fingerprint density at radius 3 is 2.45 bits per heavy atom. The van der Waals surface area contributed by atoms with E-state index < -0.39 is 5.54 Å². The maximum absolute atomic E-state index is 13.6. The van der Waals surface area contributed by atoms with E-state index in [0.717, 1.165) is 43.7 Å². The second-order valence-electron chi connectivity index (χ2n) is 9.43. The number of hydrogen-bond acceptors (Lipinski definition) is 5. The zero-order valence-electron chi connectivity index (χ0n) is 19.0. The number of imide groups is 1. The van der Waals surface area contributed by atoms with Crippen LogP contribution in [0.5, 0.6) is 5.75 Å². The number of piperidine rings is 1. The van der Waals surface area contributed by atoms with Crippen molar-refractivity contribution in [2.45, 2.75) is 51.1 Å². The van der Waals surface area contributed by atoms with Gasteiger partial charge in [-0.25, -0.2) is 4.79 Å². The topological polar surface area (TPSA) is 53.1 Å². The second-order valence-corrected chi connectivity index (χ2v) is 10.6. The Labute approximate surface area is 190 Å². The van der Waals surface area contributed by atoms with Crippen LogP contribution in [0.25, 0.3) is 0 Å². The molecule has 0 aromatic heterocycles. The summed E-state index contributed by atoms with van der Waals surface area (Å²) in [6.07, 6.45) is 3.47. The minimum atomic E-state index is -0.666. The molecule has 0 saturated carbocycles. The van der Waals surface area contributed by atoms with E-state index in [9.17, 15) is 9.59 Å². The lowest BCUT2D eigenvalue weighted by atomic mass is 9.85. The number of likely N-dealkylation sites (tertiary alicyclic amines) is 1. The molecule has 170 valence electrons. The normalized spacial score (nSPS) is 24.1. The molecule has 4 rings (SSSR count). The molecule has 31 heavy (non-hydrogen) atoms. The molecule has 0 bridgehead atoms. The Hall–Kier alpha value is -1.73. The van der Waals surface area contributed by atoms with Crippen LogP contribution >= 0.6 is 11.8 Å². The molecule has 1 spiro atoms. The van der Waals surface area contributed by atoms with Crippen molar-refractivity contribution in [3.05, 3.63) is 29.8 Å². The average Bonchev–Trinajstić information content (AvgIpc) is 3.37. The van der Waals surface area contributed by atoms with E-state index in [0.29, 0.717) is 19.1 Å². The zero-order valence-corrected chi connectivity index (χ0v) is 19.8. The maximum Gasteiger partial charge on any atom is 0.327 e. The van der Waals surface area contributed by atoms with Crippen LogP contribution in [0.2, 0.25) is 0 Å². The first-order valence-electron chi connectivity index (χ1n) is 11.5. The first kappa shape index (κ1) is 22.5. The van der Waals surface area contributed by atoms with Crippen molar-refractivity contribution < 1.29 is 14.3 Å². The number of ether oxygens (including phenoxy) is 1. The lowest BCUT2D eigenvalue weighted by molar-refractivity contribution is -0.136. The highest BCUT2D eigenvalue weighted by atomic mass is 32.2. The van der Waals surface area contributed by atoms with Gasteiger partial charge in [-0.1, -0.05) is 26.0 Å². The molecular weight excluding hydrogens is 410 g/mol. The SMILES string of the molecule is COc1ccc(CCN2C(=O)N(CC(C)C)C(=O)C23CCN([C@@H]2CCSC2)CC3)cc1. The van der Waals surface area contributed by atoms with Gasteiger partial charge in [0.25, 0.3) is 5.91 Å². The molecule has 3 aliphatic heterocycles. The van der Waals surface area contributed by atoms with E-state index in [1.807, 2.05) is 40.9 Å². The number of amides is 3. The molecule has 6 nitrogen and oxygen atoms in total. The highest BCUT2D eigenvalue weighted by Crippen LogP contribution is 2.39. The van der Waals surface area contributed by atoms with Gasteiger partial charge in [-0.15, -0.1) is 0 Å². The molecule has 7 heteroatoms. The molecule has 0 N–H and O–H groups in total. The van der Waals surface area contributed by atoms with Gasteiger partial charge in [-0.3, -0.25) is 14.6 Å². The minimum Gasteiger partial charge on any atom is -0.497 e. The Balaban J connectivity index is 1.51. The number of hydrogen-bond donors (Lipinski definition) is 0. The quantitative estimate of drug-likeness (QED) is 0.602. The van der Waals surface area contributed by atoms with Gasteiger partial charge < -0.3 is 9.64 Å². The molecule has 1 aromatic carbocycles. The number of carbonyl (C=O) groups is 2. The van der Waals surface area contributed by atoms with E-state index >= 15 is 0 Å². The molecule has 0 aliphatic carbocycles. The fourth-order valence-corrected chi connectivity index (χ4v) is 6.46. The van der Waals surface area contributed by atoms with Crippen molar-refractivity contribution in [3.8, 4) is 5.75 Å². The molecule has 3 amide bonds. The molecule has 3 fully saturated rings. The van der Waals surface area contributed by atoms with Gasteiger partial charge in [0.1, 0.15) is 11.3 Å². The van der Waals surface area contributed by atoms with Crippen LogP contribution in [0.15, 0.2) is 24.3 Å². The number of benzene rings is 1. The van der Waals surface area contributed by atoms with Crippen LogP contribution < -0.4 is 4.74 Å². The lowest BCUT2D eigenvalue weighted by Crippen LogP contribution is -2.58. The number of rotatable bonds is 7. The van der Waals surface area contributed by atoms with Crippen molar-refractivity contribution in [1.29, 1.82) is 0 Å². The minimum absolute atomic E-state index is 0.0291. The van der Waals surface area contributed by atoms with Gasteiger partial charge in [0.05, 0.1) is 7.11 Å². The highest BCUT2D eigenvalue weighted by molar-refractivity contribution is 7.99. The third-order valence-corrected chi connectivity index (χ3v) is 8.14. The fraction of sp³-hybridized carbons (Fsp3) is 0.667. The summed E-state index contributed by atoms with van der Waals surface area (Å²) in [6, 6.07) is 8.52. The predicted octanol–water partition coefficient (Wildman–Crippen LogP) is 3.50. The summed E-state index contributed by atoms with van der Waals surface area (Å²) in [4.78, 5) is 32.9. The third-order valence-electron chi connectivity index (χ3n) is 7.00. The zero-order chi connectivity index (χ0) is 22.0. The van der Waals surface area contributed by atoms with Gasteiger partial charge in [-0.05, 0) is 55.1 Å². The summed E-state index contributed by atoms with van der Waals surface area (Å²) in [5, 5.41) is 0. The smallest absolute Gasteiger partial charge is 0.327 e. The molecule has 0 unspecified atom stereocenters. The number of methoxy groups -OCH3 is 1. The van der Waals surface area contributed by atoms with Gasteiger partial charge in [0.15, 0.2) is 0 Å². The van der Waals surface area contributed by atoms with Crippen LogP contribution in [-0.4, -0.2) is 83.0 Å². The molecule has 3 heterocycles. The van der Waals surface area contributed by atoms with E-state index in [4.69, 9.17) is 4.74 Å². The summed E-state index contributed by atoms with van der Waals surface area (Å²) >= 11 is 2.03. The monoisotopic (exact) mass is 445 g/mol. The standard InChI is InChI=1S/C24H35N3O3S/c1-18(2)16-26-22(28)24(10-13-25(14-11-24)20-9-15-31-17-20)27(23(26)29)12-8-19-4-6-21(30-3)7-5-19/h4-7,18,20H,8-17H2,1-3H3/t20-/m1/s1. The Morgan fingerprint density at radius 2 is 1.87 bits per heavy atom. The number of urea groups is 1. The van der Waals surface area contributed by atoms with E-state index in [2.05, 4.69) is 18.7 Å². The molecule has 3 saturated heterocycles. The Kier molecular flexibility index (Phi) is 6.82. The number of thioether (sulfide) groups is 1. The van der Waals surface area contributed by atoms with E-state index in [1.54, 1.807) is 7.11 Å². The van der Waals surface area contributed by atoms with Crippen LogP contribution in [0, 0.1) is 5.92 Å². The van der Waals surface area contributed by atoms with Crippen molar-refractivity contribution in [3.63, 3.8) is 0 Å². The first-order chi connectivity index (χ1) is 14.9. The van der Waals surface area contributed by atoms with Crippen molar-refractivity contribution in [1.82, 2.24) is 14.7 Å². The van der Waals surface area contributed by atoms with Gasteiger partial charge in [0, 0.05) is 38.0 Å². The summed E-state index contributed by atoms with van der Waals surface area (Å²) < 4.78 is 5.25. The summed E-state index contributed by atoms with van der Waals surface area (Å²) in [6.45, 7) is 7.00. The lowest BCUT2D eigenvalue weighted by Gasteiger charge is -2.44. The van der Waals surface area contributed by atoms with Gasteiger partial charge in [-0.2, -0.15) is 11.8 Å². The van der Waals surface area contributed by atoms with E-state index in [-0.39, 0.29) is 17.9 Å². The number of nitrogens with zero attached hydrogens (tertiary/aromatic N) is 3. The predicted molar refractivity (Wildman–Crippen MR) is 125 cm³/mol. The Morgan fingerprint density at radius 1 is 1.16 bits per heavy atom. The van der Waals surface area contributed by atoms with Crippen molar-refractivity contribution in [2.75, 3.05) is 44.8 Å². The summed E-state index contributed by atoms with van der Waals surface area (Å²) in [5.74, 6) is 3.55.